The quantitative estimate of drug-likeness (QED) is 0.659. The standard InChI is InChI=1S/C16H17FN6O2S/c1-10-19-14(16(26-10)20-12-7-11(17)8-18-9-12)15(24)21-13-3-4-23(22-13)5-6-25-2/h3-4,7-9,20H,5-6H2,1-2H3,(H,21,22,24). The summed E-state index contributed by atoms with van der Waals surface area (Å²) >= 11 is 1.29. The van der Waals surface area contributed by atoms with Crippen LogP contribution >= 0.6 is 11.3 Å². The van der Waals surface area contributed by atoms with E-state index in [1.807, 2.05) is 0 Å². The van der Waals surface area contributed by atoms with Gasteiger partial charge in [-0.05, 0) is 6.92 Å². The molecular formula is C16H17FN6O2S. The van der Waals surface area contributed by atoms with E-state index < -0.39 is 11.7 Å². The number of amides is 1. The summed E-state index contributed by atoms with van der Waals surface area (Å²) in [6, 6.07) is 2.98. The number of pyridine rings is 1. The van der Waals surface area contributed by atoms with E-state index in [9.17, 15) is 9.18 Å². The lowest BCUT2D eigenvalue weighted by molar-refractivity contribution is 0.102. The normalized spacial score (nSPS) is 10.7. The fourth-order valence-corrected chi connectivity index (χ4v) is 3.03. The highest BCUT2D eigenvalue weighted by molar-refractivity contribution is 7.16. The number of hydrogen-bond donors (Lipinski definition) is 2. The van der Waals surface area contributed by atoms with Gasteiger partial charge in [0.1, 0.15) is 10.8 Å². The lowest BCUT2D eigenvalue weighted by Crippen LogP contribution is -2.15. The molecule has 2 N–H and O–H groups in total. The monoisotopic (exact) mass is 376 g/mol. The maximum absolute atomic E-state index is 13.3. The van der Waals surface area contributed by atoms with Gasteiger partial charge in [0.15, 0.2) is 11.5 Å². The molecule has 0 spiro atoms. The Morgan fingerprint density at radius 3 is 3.04 bits per heavy atom. The van der Waals surface area contributed by atoms with Gasteiger partial charge in [-0.25, -0.2) is 9.37 Å². The summed E-state index contributed by atoms with van der Waals surface area (Å²) in [5.74, 6) is -0.461. The molecule has 0 saturated heterocycles. The Morgan fingerprint density at radius 1 is 1.42 bits per heavy atom. The van der Waals surface area contributed by atoms with E-state index in [1.165, 1.54) is 23.6 Å². The number of aryl methyl sites for hydroxylation is 1. The van der Waals surface area contributed by atoms with Gasteiger partial charge in [0.05, 0.1) is 36.2 Å². The van der Waals surface area contributed by atoms with Gasteiger partial charge >= 0.3 is 0 Å². The average Bonchev–Trinajstić information content (AvgIpc) is 3.19. The van der Waals surface area contributed by atoms with E-state index in [-0.39, 0.29) is 5.69 Å². The molecule has 26 heavy (non-hydrogen) atoms. The van der Waals surface area contributed by atoms with Gasteiger partial charge in [0, 0.05) is 25.4 Å². The first-order valence-electron chi connectivity index (χ1n) is 7.74. The molecule has 0 atom stereocenters. The van der Waals surface area contributed by atoms with Crippen molar-refractivity contribution < 1.29 is 13.9 Å². The fourth-order valence-electron chi connectivity index (χ4n) is 2.19. The van der Waals surface area contributed by atoms with Crippen molar-refractivity contribution in [3.63, 3.8) is 0 Å². The predicted molar refractivity (Wildman–Crippen MR) is 96.4 cm³/mol. The number of carbonyl (C=O) groups is 1. The van der Waals surface area contributed by atoms with Crippen molar-refractivity contribution in [1.29, 1.82) is 0 Å². The highest BCUT2D eigenvalue weighted by Crippen LogP contribution is 2.28. The van der Waals surface area contributed by atoms with Crippen molar-refractivity contribution in [1.82, 2.24) is 19.7 Å². The third kappa shape index (κ3) is 4.41. The molecule has 3 aromatic heterocycles. The van der Waals surface area contributed by atoms with E-state index in [0.717, 1.165) is 6.20 Å². The van der Waals surface area contributed by atoms with Crippen LogP contribution in [0.4, 0.5) is 20.9 Å². The van der Waals surface area contributed by atoms with E-state index in [1.54, 1.807) is 31.0 Å². The van der Waals surface area contributed by atoms with Crippen LogP contribution < -0.4 is 10.6 Å². The van der Waals surface area contributed by atoms with Crippen LogP contribution in [0.25, 0.3) is 0 Å². The maximum Gasteiger partial charge on any atom is 0.278 e. The zero-order valence-corrected chi connectivity index (χ0v) is 15.0. The summed E-state index contributed by atoms with van der Waals surface area (Å²) in [6.45, 7) is 2.90. The molecule has 0 saturated carbocycles. The fraction of sp³-hybridized carbons (Fsp3) is 0.250. The van der Waals surface area contributed by atoms with Crippen LogP contribution in [0.5, 0.6) is 0 Å². The van der Waals surface area contributed by atoms with Gasteiger partial charge in [-0.15, -0.1) is 11.3 Å². The van der Waals surface area contributed by atoms with Crippen molar-refractivity contribution in [2.24, 2.45) is 0 Å². The summed E-state index contributed by atoms with van der Waals surface area (Å²) < 4.78 is 20.0. The van der Waals surface area contributed by atoms with Crippen LogP contribution in [0, 0.1) is 12.7 Å². The Kier molecular flexibility index (Phi) is 5.54. The second-order valence-corrected chi connectivity index (χ2v) is 6.54. The van der Waals surface area contributed by atoms with Gasteiger partial charge in [-0.2, -0.15) is 5.10 Å². The van der Waals surface area contributed by atoms with Crippen molar-refractivity contribution >= 4 is 33.8 Å². The molecule has 0 aliphatic heterocycles. The first-order valence-corrected chi connectivity index (χ1v) is 8.55. The Balaban J connectivity index is 1.74. The first kappa shape index (κ1) is 18.0. The molecule has 136 valence electrons. The molecule has 0 fully saturated rings. The van der Waals surface area contributed by atoms with Crippen LogP contribution in [-0.4, -0.2) is 39.4 Å². The number of rotatable bonds is 7. The molecule has 3 rings (SSSR count). The van der Waals surface area contributed by atoms with Gasteiger partial charge in [0.2, 0.25) is 0 Å². The SMILES string of the molecule is COCCn1ccc(NC(=O)c2nc(C)sc2Nc2cncc(F)c2)n1. The number of thiazole rings is 1. The zero-order valence-electron chi connectivity index (χ0n) is 14.2. The smallest absolute Gasteiger partial charge is 0.278 e. The number of halogens is 1. The van der Waals surface area contributed by atoms with Crippen LogP contribution in [0.1, 0.15) is 15.5 Å². The Labute approximate surface area is 153 Å². The second-order valence-electron chi connectivity index (χ2n) is 5.34. The number of methoxy groups -OCH3 is 1. The predicted octanol–water partition coefficient (Wildman–Crippen LogP) is 2.82. The zero-order chi connectivity index (χ0) is 18.5. The Morgan fingerprint density at radius 2 is 2.27 bits per heavy atom. The van der Waals surface area contributed by atoms with Gasteiger partial charge in [0.25, 0.3) is 5.91 Å². The molecule has 3 heterocycles. The van der Waals surface area contributed by atoms with Crippen LogP contribution in [0.3, 0.4) is 0 Å². The lowest BCUT2D eigenvalue weighted by atomic mass is 10.3. The minimum atomic E-state index is -0.469. The molecular weight excluding hydrogens is 359 g/mol. The van der Waals surface area contributed by atoms with Crippen molar-refractivity contribution in [3.8, 4) is 0 Å². The maximum atomic E-state index is 13.3. The molecule has 8 nitrogen and oxygen atoms in total. The number of nitrogens with one attached hydrogen (secondary N) is 2. The summed E-state index contributed by atoms with van der Waals surface area (Å²) in [5, 5.41) is 11.1. The van der Waals surface area contributed by atoms with Crippen molar-refractivity contribution in [3.05, 3.63) is 47.2 Å². The highest BCUT2D eigenvalue weighted by atomic mass is 32.1. The molecule has 0 aliphatic rings. The van der Waals surface area contributed by atoms with Crippen LogP contribution in [0.15, 0.2) is 30.7 Å². The number of hydrogen-bond acceptors (Lipinski definition) is 7. The topological polar surface area (TPSA) is 94.0 Å². The summed E-state index contributed by atoms with van der Waals surface area (Å²) in [4.78, 5) is 20.6. The minimum Gasteiger partial charge on any atom is -0.383 e. The van der Waals surface area contributed by atoms with Gasteiger partial charge < -0.3 is 15.4 Å². The molecule has 3 aromatic rings. The average molecular weight is 376 g/mol. The molecule has 0 radical (unpaired) electrons. The molecule has 10 heteroatoms. The van der Waals surface area contributed by atoms with Crippen molar-refractivity contribution in [2.45, 2.75) is 13.5 Å². The number of anilines is 3. The van der Waals surface area contributed by atoms with E-state index in [2.05, 4.69) is 25.7 Å². The summed E-state index contributed by atoms with van der Waals surface area (Å²) in [6.07, 6.45) is 4.33. The van der Waals surface area contributed by atoms with Crippen molar-refractivity contribution in [2.75, 3.05) is 24.4 Å². The largest absolute Gasteiger partial charge is 0.383 e. The van der Waals surface area contributed by atoms with E-state index in [0.29, 0.717) is 34.7 Å². The number of carbonyl (C=O) groups excluding carboxylic acids is 1. The minimum absolute atomic E-state index is 0.211. The molecule has 1 amide bonds. The van der Waals surface area contributed by atoms with E-state index >= 15 is 0 Å². The summed E-state index contributed by atoms with van der Waals surface area (Å²) in [7, 11) is 1.61. The molecule has 0 unspecified atom stereocenters. The number of aromatic nitrogens is 4. The second kappa shape index (κ2) is 8.02. The number of ether oxygens (including phenoxy) is 1. The van der Waals surface area contributed by atoms with Gasteiger partial charge in [-0.3, -0.25) is 14.5 Å². The number of nitrogens with zero attached hydrogens (tertiary/aromatic N) is 4. The molecule has 0 aromatic carbocycles. The Bertz CT molecular complexity index is 910. The Hall–Kier alpha value is -2.85. The van der Waals surface area contributed by atoms with Crippen LogP contribution in [0.2, 0.25) is 0 Å². The van der Waals surface area contributed by atoms with Gasteiger partial charge in [-0.1, -0.05) is 0 Å². The first-order chi connectivity index (χ1) is 12.5. The third-order valence-corrected chi connectivity index (χ3v) is 4.20. The summed E-state index contributed by atoms with van der Waals surface area (Å²) in [5.41, 5.74) is 0.648. The van der Waals surface area contributed by atoms with E-state index in [4.69, 9.17) is 4.74 Å². The van der Waals surface area contributed by atoms with Crippen LogP contribution in [-0.2, 0) is 11.3 Å². The highest BCUT2D eigenvalue weighted by Gasteiger charge is 2.18. The molecule has 0 bridgehead atoms. The third-order valence-electron chi connectivity index (χ3n) is 3.32. The lowest BCUT2D eigenvalue weighted by Gasteiger charge is -2.06. The molecule has 0 aliphatic carbocycles.